The van der Waals surface area contributed by atoms with Gasteiger partial charge >= 0.3 is 5.97 Å². The van der Waals surface area contributed by atoms with E-state index in [1.54, 1.807) is 24.3 Å². The molecular formula is C23H23BrN2O5. The van der Waals surface area contributed by atoms with Crippen LogP contribution in [0.2, 0.25) is 0 Å². The smallest absolute Gasteiger partial charge is 0.335 e. The van der Waals surface area contributed by atoms with Crippen molar-refractivity contribution < 1.29 is 24.2 Å². The van der Waals surface area contributed by atoms with Crippen LogP contribution in [0.4, 0.5) is 0 Å². The molecule has 0 saturated carbocycles. The molecule has 2 aromatic rings. The van der Waals surface area contributed by atoms with Crippen molar-refractivity contribution in [3.63, 3.8) is 0 Å². The van der Waals surface area contributed by atoms with Crippen LogP contribution in [-0.4, -0.2) is 29.6 Å². The Balaban J connectivity index is 2.28. The number of carboxylic acids is 1. The van der Waals surface area contributed by atoms with Gasteiger partial charge in [-0.25, -0.2) is 4.79 Å². The minimum atomic E-state index is -0.988. The number of hydrogen-bond acceptors (Lipinski definition) is 5. The maximum atomic E-state index is 12.2. The molecule has 8 heteroatoms. The van der Waals surface area contributed by atoms with Crippen molar-refractivity contribution in [1.82, 2.24) is 5.32 Å². The van der Waals surface area contributed by atoms with Crippen molar-refractivity contribution in [3.8, 4) is 17.6 Å². The molecular weight excluding hydrogens is 464 g/mol. The molecule has 0 aliphatic carbocycles. The van der Waals surface area contributed by atoms with Gasteiger partial charge in [0, 0.05) is 10.5 Å². The third kappa shape index (κ3) is 6.86. The molecule has 2 N–H and O–H groups in total. The van der Waals surface area contributed by atoms with Gasteiger partial charge in [0.25, 0.3) is 5.91 Å². The second-order valence-corrected chi connectivity index (χ2v) is 7.70. The molecule has 0 bridgehead atoms. The highest BCUT2D eigenvalue weighted by atomic mass is 79.9. The van der Waals surface area contributed by atoms with Crippen molar-refractivity contribution in [1.29, 1.82) is 5.26 Å². The number of rotatable bonds is 9. The summed E-state index contributed by atoms with van der Waals surface area (Å²) in [7, 11) is 0. The van der Waals surface area contributed by atoms with Crippen molar-refractivity contribution >= 4 is 33.9 Å². The van der Waals surface area contributed by atoms with Crippen LogP contribution in [0.15, 0.2) is 46.4 Å². The van der Waals surface area contributed by atoms with Crippen LogP contribution in [0.5, 0.6) is 11.5 Å². The van der Waals surface area contributed by atoms with Crippen molar-refractivity contribution in [2.24, 2.45) is 0 Å². The van der Waals surface area contributed by atoms with E-state index in [-0.39, 0.29) is 23.8 Å². The zero-order valence-corrected chi connectivity index (χ0v) is 19.0. The van der Waals surface area contributed by atoms with Gasteiger partial charge in [-0.15, -0.1) is 0 Å². The number of carbonyl (C=O) groups is 2. The van der Waals surface area contributed by atoms with E-state index in [9.17, 15) is 14.9 Å². The zero-order chi connectivity index (χ0) is 23.0. The topological polar surface area (TPSA) is 109 Å². The Labute approximate surface area is 189 Å². The van der Waals surface area contributed by atoms with E-state index in [0.29, 0.717) is 28.1 Å². The molecule has 0 unspecified atom stereocenters. The minimum absolute atomic E-state index is 0.0240. The molecule has 7 nitrogen and oxygen atoms in total. The van der Waals surface area contributed by atoms with E-state index < -0.39 is 11.9 Å². The third-order valence-electron chi connectivity index (χ3n) is 4.04. The van der Waals surface area contributed by atoms with Crippen LogP contribution < -0.4 is 14.8 Å². The summed E-state index contributed by atoms with van der Waals surface area (Å²) in [5.74, 6) is -0.510. The average Bonchev–Trinajstić information content (AvgIpc) is 2.72. The minimum Gasteiger partial charge on any atom is -0.490 e. The van der Waals surface area contributed by atoms with Gasteiger partial charge in [0.15, 0.2) is 11.5 Å². The van der Waals surface area contributed by atoms with E-state index in [1.165, 1.54) is 18.2 Å². The highest BCUT2D eigenvalue weighted by molar-refractivity contribution is 9.10. The first-order valence-electron chi connectivity index (χ1n) is 9.59. The zero-order valence-electron chi connectivity index (χ0n) is 17.4. The largest absolute Gasteiger partial charge is 0.490 e. The molecule has 0 aliphatic heterocycles. The van der Waals surface area contributed by atoms with Crippen LogP contribution in [-0.2, 0) is 11.4 Å². The summed E-state index contributed by atoms with van der Waals surface area (Å²) in [6.45, 7) is 6.08. The number of carboxylic acid groups (broad SMARTS) is 1. The lowest BCUT2D eigenvalue weighted by molar-refractivity contribution is -0.117. The van der Waals surface area contributed by atoms with E-state index >= 15 is 0 Å². The van der Waals surface area contributed by atoms with E-state index in [2.05, 4.69) is 21.2 Å². The summed E-state index contributed by atoms with van der Waals surface area (Å²) in [6, 6.07) is 11.6. The summed E-state index contributed by atoms with van der Waals surface area (Å²) in [5.41, 5.74) is 1.57. The van der Waals surface area contributed by atoms with Gasteiger partial charge in [-0.05, 0) is 62.2 Å². The van der Waals surface area contributed by atoms with Crippen molar-refractivity contribution in [3.05, 3.63) is 63.1 Å². The van der Waals surface area contributed by atoms with Gasteiger partial charge in [0.1, 0.15) is 18.2 Å². The number of nitrogens with one attached hydrogen (secondary N) is 1. The Morgan fingerprint density at radius 3 is 2.39 bits per heavy atom. The Hall–Kier alpha value is -3.31. The number of aromatic carboxylic acids is 1. The number of hydrogen-bond donors (Lipinski definition) is 2. The summed E-state index contributed by atoms with van der Waals surface area (Å²) in [5, 5.41) is 21.1. The predicted molar refractivity (Wildman–Crippen MR) is 120 cm³/mol. The lowest BCUT2D eigenvalue weighted by Crippen LogP contribution is -2.30. The number of nitriles is 1. The lowest BCUT2D eigenvalue weighted by atomic mass is 10.1. The fourth-order valence-corrected chi connectivity index (χ4v) is 3.03. The van der Waals surface area contributed by atoms with E-state index in [0.717, 1.165) is 5.56 Å². The predicted octanol–water partition coefficient (Wildman–Crippen LogP) is 4.56. The fourth-order valence-electron chi connectivity index (χ4n) is 2.59. The average molecular weight is 487 g/mol. The molecule has 31 heavy (non-hydrogen) atoms. The van der Waals surface area contributed by atoms with Gasteiger partial charge in [-0.3, -0.25) is 4.79 Å². The first kappa shape index (κ1) is 24.0. The highest BCUT2D eigenvalue weighted by Crippen LogP contribution is 2.35. The van der Waals surface area contributed by atoms with E-state index in [1.807, 2.05) is 26.8 Å². The van der Waals surface area contributed by atoms with Crippen LogP contribution in [0, 0.1) is 11.3 Å². The quantitative estimate of drug-likeness (QED) is 0.397. The maximum Gasteiger partial charge on any atom is 0.335 e. The lowest BCUT2D eigenvalue weighted by Gasteiger charge is -2.14. The van der Waals surface area contributed by atoms with Crippen LogP contribution in [0.3, 0.4) is 0 Å². The van der Waals surface area contributed by atoms with Gasteiger partial charge in [-0.2, -0.15) is 5.26 Å². The Bertz CT molecular complexity index is 1020. The second-order valence-electron chi connectivity index (χ2n) is 6.84. The third-order valence-corrected chi connectivity index (χ3v) is 4.73. The Morgan fingerprint density at radius 1 is 1.19 bits per heavy atom. The number of carbonyl (C=O) groups excluding carboxylic acids is 1. The number of halogens is 1. The van der Waals surface area contributed by atoms with Gasteiger partial charge in [0.2, 0.25) is 0 Å². The Kier molecular flexibility index (Phi) is 8.64. The van der Waals surface area contributed by atoms with Crippen molar-refractivity contribution in [2.75, 3.05) is 6.61 Å². The van der Waals surface area contributed by atoms with Gasteiger partial charge in [0.05, 0.1) is 12.2 Å². The van der Waals surface area contributed by atoms with Crippen LogP contribution >= 0.6 is 15.9 Å². The second kappa shape index (κ2) is 11.2. The molecule has 1 amide bonds. The Morgan fingerprint density at radius 2 is 1.84 bits per heavy atom. The number of amides is 1. The summed E-state index contributed by atoms with van der Waals surface area (Å²) < 4.78 is 12.2. The summed E-state index contributed by atoms with van der Waals surface area (Å²) in [6.07, 6.45) is 1.48. The number of benzene rings is 2. The maximum absolute atomic E-state index is 12.2. The monoisotopic (exact) mass is 486 g/mol. The molecule has 0 radical (unpaired) electrons. The molecule has 162 valence electrons. The van der Waals surface area contributed by atoms with Gasteiger partial charge in [-0.1, -0.05) is 28.1 Å². The molecule has 2 rings (SSSR count). The van der Waals surface area contributed by atoms with E-state index in [4.69, 9.17) is 14.6 Å². The van der Waals surface area contributed by atoms with Crippen LogP contribution in [0.25, 0.3) is 6.08 Å². The molecule has 0 heterocycles. The summed E-state index contributed by atoms with van der Waals surface area (Å²) in [4.78, 5) is 23.2. The molecule has 0 spiro atoms. The summed E-state index contributed by atoms with van der Waals surface area (Å²) >= 11 is 3.46. The normalized spacial score (nSPS) is 11.0. The molecule has 0 saturated heterocycles. The molecule has 0 aromatic heterocycles. The first-order valence-corrected chi connectivity index (χ1v) is 10.4. The molecule has 0 fully saturated rings. The highest BCUT2D eigenvalue weighted by Gasteiger charge is 2.14. The molecule has 0 aliphatic rings. The standard InChI is InChI=1S/C23H23BrN2O5/c1-4-30-20-10-17(9-18(12-25)22(27)26-14(2)3)19(24)11-21(20)31-13-15-5-7-16(8-6-15)23(28)29/h5-11,14H,4,13H2,1-3H3,(H,26,27)(H,28,29)/b18-9-. The number of nitrogens with zero attached hydrogens (tertiary/aromatic N) is 1. The molecule has 0 atom stereocenters. The van der Waals surface area contributed by atoms with Crippen molar-refractivity contribution in [2.45, 2.75) is 33.4 Å². The van der Waals surface area contributed by atoms with Gasteiger partial charge < -0.3 is 19.9 Å². The number of ether oxygens (including phenoxy) is 2. The fraction of sp³-hybridized carbons (Fsp3) is 0.261. The molecule has 2 aromatic carbocycles. The first-order chi connectivity index (χ1) is 14.7. The SMILES string of the molecule is CCOc1cc(/C=C(/C#N)C(=O)NC(C)C)c(Br)cc1OCc1ccc(C(=O)O)cc1. The van der Waals surface area contributed by atoms with Crippen LogP contribution in [0.1, 0.15) is 42.3 Å².